The van der Waals surface area contributed by atoms with Crippen molar-refractivity contribution in [2.45, 2.75) is 25.4 Å². The van der Waals surface area contributed by atoms with Crippen LogP contribution in [0, 0.1) is 5.41 Å². The molecule has 1 aromatic heterocycles. The first-order valence-corrected chi connectivity index (χ1v) is 9.85. The highest BCUT2D eigenvalue weighted by Gasteiger charge is 2.50. The quantitative estimate of drug-likeness (QED) is 0.673. The van der Waals surface area contributed by atoms with Gasteiger partial charge in [-0.2, -0.15) is 9.97 Å². The minimum atomic E-state index is -0.366. The maximum Gasteiger partial charge on any atom is 0.321 e. The number of hydrogen-bond donors (Lipinski definition) is 0. The first-order valence-electron chi connectivity index (χ1n) is 9.85. The summed E-state index contributed by atoms with van der Waals surface area (Å²) in [5.41, 5.74) is -0.366. The molecule has 0 aliphatic carbocycles. The molecule has 4 heterocycles. The van der Waals surface area contributed by atoms with E-state index in [1.807, 2.05) is 0 Å². The number of esters is 1. The van der Waals surface area contributed by atoms with E-state index in [9.17, 15) is 4.79 Å². The van der Waals surface area contributed by atoms with Crippen LogP contribution in [0.2, 0.25) is 0 Å². The predicted molar refractivity (Wildman–Crippen MR) is 101 cm³/mol. The lowest BCUT2D eigenvalue weighted by Gasteiger charge is -2.37. The lowest BCUT2D eigenvalue weighted by Crippen LogP contribution is -2.43. The van der Waals surface area contributed by atoms with Gasteiger partial charge in [0.05, 0.1) is 32.8 Å². The second-order valence-electron chi connectivity index (χ2n) is 7.67. The minimum absolute atomic E-state index is 0.0172. The van der Waals surface area contributed by atoms with Gasteiger partial charge in [0.1, 0.15) is 11.9 Å². The Morgan fingerprint density at radius 1 is 1.14 bits per heavy atom. The lowest BCUT2D eigenvalue weighted by atomic mass is 9.76. The van der Waals surface area contributed by atoms with Gasteiger partial charge in [-0.3, -0.25) is 9.69 Å². The molecule has 154 valence electrons. The molecule has 1 spiro atoms. The molecule has 9 nitrogen and oxygen atoms in total. The summed E-state index contributed by atoms with van der Waals surface area (Å²) in [7, 11) is 3.10. The highest BCUT2D eigenvalue weighted by atomic mass is 16.6. The summed E-state index contributed by atoms with van der Waals surface area (Å²) in [5.74, 6) is 1.19. The number of nitrogens with zero attached hydrogens (tertiary/aromatic N) is 4. The fraction of sp³-hybridized carbons (Fsp3) is 0.737. The third kappa shape index (κ3) is 3.86. The SMILES string of the molecule is COc1cc(N2CCC3(CC2)CC(CN2CCOCC2)OC3=O)nc(OC)n1. The van der Waals surface area contributed by atoms with Gasteiger partial charge in [0.25, 0.3) is 0 Å². The topological polar surface area (TPSA) is 86.2 Å². The molecule has 0 aromatic carbocycles. The molecule has 1 aromatic rings. The molecule has 28 heavy (non-hydrogen) atoms. The molecule has 0 bridgehead atoms. The number of aromatic nitrogens is 2. The van der Waals surface area contributed by atoms with Crippen molar-refractivity contribution >= 4 is 11.8 Å². The monoisotopic (exact) mass is 392 g/mol. The van der Waals surface area contributed by atoms with Crippen LogP contribution in [0.5, 0.6) is 11.9 Å². The average molecular weight is 392 g/mol. The molecule has 0 radical (unpaired) electrons. The van der Waals surface area contributed by atoms with E-state index in [-0.39, 0.29) is 23.5 Å². The zero-order valence-electron chi connectivity index (χ0n) is 16.6. The van der Waals surface area contributed by atoms with E-state index < -0.39 is 0 Å². The number of carbonyl (C=O) groups is 1. The van der Waals surface area contributed by atoms with Crippen LogP contribution < -0.4 is 14.4 Å². The summed E-state index contributed by atoms with van der Waals surface area (Å²) in [6.45, 7) is 5.62. The normalized spacial score (nSPS) is 25.0. The summed E-state index contributed by atoms with van der Waals surface area (Å²) in [6.07, 6.45) is 2.31. The Balaban J connectivity index is 1.38. The van der Waals surface area contributed by atoms with Gasteiger partial charge in [0.15, 0.2) is 0 Å². The number of cyclic esters (lactones) is 1. The second-order valence-corrected chi connectivity index (χ2v) is 7.67. The summed E-state index contributed by atoms with van der Waals surface area (Å²) in [5, 5.41) is 0. The van der Waals surface area contributed by atoms with E-state index in [1.165, 1.54) is 7.11 Å². The average Bonchev–Trinajstić information content (AvgIpc) is 3.03. The van der Waals surface area contributed by atoms with Crippen LogP contribution in [0.25, 0.3) is 0 Å². The van der Waals surface area contributed by atoms with Gasteiger partial charge in [-0.05, 0) is 12.8 Å². The molecule has 1 unspecified atom stereocenters. The molecule has 3 aliphatic rings. The lowest BCUT2D eigenvalue weighted by molar-refractivity contribution is -0.150. The van der Waals surface area contributed by atoms with Crippen molar-refractivity contribution < 1.29 is 23.7 Å². The van der Waals surface area contributed by atoms with Crippen molar-refractivity contribution in [2.75, 3.05) is 65.1 Å². The smallest absolute Gasteiger partial charge is 0.321 e. The maximum absolute atomic E-state index is 12.7. The molecule has 0 saturated carbocycles. The number of carbonyl (C=O) groups excluding carboxylic acids is 1. The first-order chi connectivity index (χ1) is 13.6. The fourth-order valence-electron chi connectivity index (χ4n) is 4.33. The van der Waals surface area contributed by atoms with Crippen LogP contribution in [0.4, 0.5) is 5.82 Å². The highest BCUT2D eigenvalue weighted by molar-refractivity contribution is 5.79. The van der Waals surface area contributed by atoms with Crippen molar-refractivity contribution in [1.29, 1.82) is 0 Å². The van der Waals surface area contributed by atoms with E-state index in [0.29, 0.717) is 5.88 Å². The van der Waals surface area contributed by atoms with Crippen molar-refractivity contribution in [2.24, 2.45) is 5.41 Å². The Hall–Kier alpha value is -2.13. The summed E-state index contributed by atoms with van der Waals surface area (Å²) in [6, 6.07) is 2.08. The third-order valence-electron chi connectivity index (χ3n) is 6.00. The first kappa shape index (κ1) is 19.2. The zero-order chi connectivity index (χ0) is 19.6. The van der Waals surface area contributed by atoms with E-state index in [4.69, 9.17) is 18.9 Å². The highest BCUT2D eigenvalue weighted by Crippen LogP contribution is 2.44. The van der Waals surface area contributed by atoms with Crippen molar-refractivity contribution in [3.8, 4) is 11.9 Å². The molecular formula is C19H28N4O5. The molecule has 1 atom stereocenters. The molecular weight excluding hydrogens is 364 g/mol. The van der Waals surface area contributed by atoms with E-state index in [1.54, 1.807) is 13.2 Å². The Morgan fingerprint density at radius 3 is 2.57 bits per heavy atom. The van der Waals surface area contributed by atoms with E-state index >= 15 is 0 Å². The number of anilines is 1. The van der Waals surface area contributed by atoms with Crippen LogP contribution in [0.15, 0.2) is 6.07 Å². The van der Waals surface area contributed by atoms with Gasteiger partial charge in [0.2, 0.25) is 5.88 Å². The number of morpholine rings is 1. The van der Waals surface area contributed by atoms with Crippen LogP contribution in [0.1, 0.15) is 19.3 Å². The number of rotatable bonds is 5. The summed E-state index contributed by atoms with van der Waals surface area (Å²) in [4.78, 5) is 25.8. The Kier molecular flexibility index (Phi) is 5.54. The van der Waals surface area contributed by atoms with Gasteiger partial charge < -0.3 is 23.8 Å². The van der Waals surface area contributed by atoms with Gasteiger partial charge >= 0.3 is 12.0 Å². The standard InChI is InChI=1S/C19H28N4O5/c1-25-16-11-15(20-18(21-16)26-2)23-5-3-19(4-6-23)12-14(28-17(19)24)13-22-7-9-27-10-8-22/h11,14H,3-10,12-13H2,1-2H3. The molecule has 0 amide bonds. The molecule has 9 heteroatoms. The minimum Gasteiger partial charge on any atom is -0.481 e. The number of methoxy groups -OCH3 is 2. The Labute approximate surface area is 164 Å². The summed E-state index contributed by atoms with van der Waals surface area (Å²) >= 11 is 0. The van der Waals surface area contributed by atoms with Gasteiger partial charge in [-0.1, -0.05) is 0 Å². The van der Waals surface area contributed by atoms with Gasteiger partial charge in [0, 0.05) is 45.2 Å². The van der Waals surface area contributed by atoms with Crippen LogP contribution in [0.3, 0.4) is 0 Å². The van der Waals surface area contributed by atoms with E-state index in [2.05, 4.69) is 19.8 Å². The Morgan fingerprint density at radius 2 is 1.89 bits per heavy atom. The Bertz CT molecular complexity index is 679. The van der Waals surface area contributed by atoms with Gasteiger partial charge in [-0.15, -0.1) is 0 Å². The molecule has 3 saturated heterocycles. The largest absolute Gasteiger partial charge is 0.481 e. The van der Waals surface area contributed by atoms with Crippen LogP contribution in [-0.2, 0) is 14.3 Å². The summed E-state index contributed by atoms with van der Waals surface area (Å²) < 4.78 is 21.6. The van der Waals surface area contributed by atoms with Crippen molar-refractivity contribution in [3.05, 3.63) is 6.07 Å². The van der Waals surface area contributed by atoms with E-state index in [0.717, 1.165) is 71.0 Å². The number of piperidine rings is 1. The molecule has 3 aliphatic heterocycles. The maximum atomic E-state index is 12.7. The predicted octanol–water partition coefficient (Wildman–Crippen LogP) is 0.728. The zero-order valence-corrected chi connectivity index (χ0v) is 16.6. The molecule has 4 rings (SSSR count). The number of hydrogen-bond acceptors (Lipinski definition) is 9. The third-order valence-corrected chi connectivity index (χ3v) is 6.00. The van der Waals surface area contributed by atoms with Crippen LogP contribution in [-0.4, -0.2) is 87.1 Å². The molecule has 3 fully saturated rings. The second kappa shape index (κ2) is 8.08. The van der Waals surface area contributed by atoms with Crippen molar-refractivity contribution in [1.82, 2.24) is 14.9 Å². The van der Waals surface area contributed by atoms with Crippen LogP contribution >= 0.6 is 0 Å². The van der Waals surface area contributed by atoms with Crippen molar-refractivity contribution in [3.63, 3.8) is 0 Å². The number of ether oxygens (including phenoxy) is 4. The fourth-order valence-corrected chi connectivity index (χ4v) is 4.33. The molecule has 0 N–H and O–H groups in total. The van der Waals surface area contributed by atoms with Gasteiger partial charge in [-0.25, -0.2) is 0 Å².